The first kappa shape index (κ1) is 26.5. The molecule has 0 bridgehead atoms. The molecule has 2 aromatic rings. The second-order valence-corrected chi connectivity index (χ2v) is 10.2. The predicted molar refractivity (Wildman–Crippen MR) is 128 cm³/mol. The number of sulfonamides is 1. The zero-order valence-electron chi connectivity index (χ0n) is 19.3. The van der Waals surface area contributed by atoms with Crippen molar-refractivity contribution < 1.29 is 30.8 Å². The van der Waals surface area contributed by atoms with Gasteiger partial charge in [0.05, 0.1) is 23.4 Å². The molecule has 1 heterocycles. The molecule has 0 aromatic heterocycles. The van der Waals surface area contributed by atoms with Crippen molar-refractivity contribution in [1.29, 1.82) is 0 Å². The number of benzene rings is 2. The molecule has 190 valence electrons. The Morgan fingerprint density at radius 1 is 1.09 bits per heavy atom. The van der Waals surface area contributed by atoms with Crippen LogP contribution >= 0.6 is 0 Å². The summed E-state index contributed by atoms with van der Waals surface area (Å²) in [5.41, 5.74) is 0.361. The molecule has 0 saturated carbocycles. The molecule has 1 atom stereocenters. The van der Waals surface area contributed by atoms with Crippen molar-refractivity contribution in [2.45, 2.75) is 38.3 Å². The fourth-order valence-electron chi connectivity index (χ4n) is 3.84. The predicted octanol–water partition coefficient (Wildman–Crippen LogP) is 5.10. The molecule has 1 aliphatic heterocycles. The maximum atomic E-state index is 14.3. The molecule has 6 nitrogen and oxygen atoms in total. The average molecular weight is 514 g/mol. The number of amides is 1. The summed E-state index contributed by atoms with van der Waals surface area (Å²) in [6, 6.07) is 7.26. The van der Waals surface area contributed by atoms with Crippen LogP contribution in [0.2, 0.25) is 0 Å². The monoisotopic (exact) mass is 513 g/mol. The van der Waals surface area contributed by atoms with E-state index < -0.39 is 39.4 Å². The van der Waals surface area contributed by atoms with E-state index in [2.05, 4.69) is 10.0 Å². The minimum Gasteiger partial charge on any atom is -0.371 e. The summed E-state index contributed by atoms with van der Waals surface area (Å²) >= 11 is 0. The molecule has 11 heteroatoms. The van der Waals surface area contributed by atoms with E-state index in [1.54, 1.807) is 6.92 Å². The van der Waals surface area contributed by atoms with Gasteiger partial charge in [-0.1, -0.05) is 12.1 Å². The van der Waals surface area contributed by atoms with E-state index in [1.165, 1.54) is 30.5 Å². The topological polar surface area (TPSA) is 78.5 Å². The maximum absolute atomic E-state index is 14.3. The number of alkyl halides is 3. The second kappa shape index (κ2) is 10.7. The first-order chi connectivity index (χ1) is 16.3. The molecule has 2 aromatic carbocycles. The summed E-state index contributed by atoms with van der Waals surface area (Å²) in [7, 11) is -3.65. The van der Waals surface area contributed by atoms with Gasteiger partial charge in [0.15, 0.2) is 0 Å². The minimum atomic E-state index is -4.46. The smallest absolute Gasteiger partial charge is 0.371 e. The lowest BCUT2D eigenvalue weighted by atomic mass is 10.00. The van der Waals surface area contributed by atoms with Crippen molar-refractivity contribution in [3.05, 3.63) is 65.1 Å². The molecule has 0 spiro atoms. The summed E-state index contributed by atoms with van der Waals surface area (Å²) in [6.07, 6.45) is 2.14. The van der Waals surface area contributed by atoms with Gasteiger partial charge in [-0.2, -0.15) is 13.2 Å². The summed E-state index contributed by atoms with van der Waals surface area (Å²) in [5, 5.41) is 2.58. The van der Waals surface area contributed by atoms with E-state index in [4.69, 9.17) is 0 Å². The van der Waals surface area contributed by atoms with Crippen molar-refractivity contribution in [1.82, 2.24) is 5.32 Å². The van der Waals surface area contributed by atoms with Crippen LogP contribution < -0.4 is 14.9 Å². The minimum absolute atomic E-state index is 0.226. The molecule has 1 amide bonds. The number of hydrogen-bond donors (Lipinski definition) is 2. The second-order valence-electron chi connectivity index (χ2n) is 8.50. The van der Waals surface area contributed by atoms with Crippen LogP contribution in [0.5, 0.6) is 0 Å². The lowest BCUT2D eigenvalue weighted by Gasteiger charge is -2.30. The number of carbonyl (C=O) groups excluding carboxylic acids is 1. The fourth-order valence-corrected chi connectivity index (χ4v) is 4.41. The Morgan fingerprint density at radius 3 is 2.37 bits per heavy atom. The van der Waals surface area contributed by atoms with E-state index in [1.807, 2.05) is 4.90 Å². The quantitative estimate of drug-likeness (QED) is 0.505. The fraction of sp³-hybridized carbons (Fsp3) is 0.375. The van der Waals surface area contributed by atoms with Gasteiger partial charge in [-0.05, 0) is 67.7 Å². The van der Waals surface area contributed by atoms with E-state index in [9.17, 15) is 30.8 Å². The van der Waals surface area contributed by atoms with Crippen LogP contribution in [0.25, 0.3) is 6.08 Å². The van der Waals surface area contributed by atoms with Crippen LogP contribution in [-0.2, 0) is 21.0 Å². The third-order valence-electron chi connectivity index (χ3n) is 5.72. The summed E-state index contributed by atoms with van der Waals surface area (Å²) < 4.78 is 78.7. The molecule has 3 rings (SSSR count). The molecule has 0 radical (unpaired) electrons. The summed E-state index contributed by atoms with van der Waals surface area (Å²) in [5.74, 6) is -2.05. The van der Waals surface area contributed by atoms with Crippen molar-refractivity contribution in [3.8, 4) is 0 Å². The van der Waals surface area contributed by atoms with Gasteiger partial charge >= 0.3 is 6.18 Å². The van der Waals surface area contributed by atoms with E-state index in [-0.39, 0.29) is 5.69 Å². The highest BCUT2D eigenvalue weighted by atomic mass is 32.2. The summed E-state index contributed by atoms with van der Waals surface area (Å²) in [4.78, 5) is 14.5. The standard InChI is InChI=1S/C24H27F4N3O3S/c1-16(18-7-9-21(20(25)14-18)30-35(2,33)34)23(32)29-11-10-17-6-8-19(24(26,27)28)15-22(17)31-12-4-3-5-13-31/h6-11,14-16,30H,3-5,12-13H2,1-2H3,(H,29,32). The number of anilines is 2. The van der Waals surface area contributed by atoms with Crippen LogP contribution in [-0.4, -0.2) is 33.7 Å². The Labute approximate surface area is 202 Å². The number of hydrogen-bond acceptors (Lipinski definition) is 4. The van der Waals surface area contributed by atoms with Gasteiger partial charge in [0.25, 0.3) is 0 Å². The SMILES string of the molecule is CC(C(=O)NC=Cc1ccc(C(F)(F)F)cc1N1CCCCC1)c1ccc(NS(C)(=O)=O)c(F)c1. The van der Waals surface area contributed by atoms with Crippen LogP contribution in [0.1, 0.15) is 48.8 Å². The molecule has 35 heavy (non-hydrogen) atoms. The van der Waals surface area contributed by atoms with Gasteiger partial charge in [0.1, 0.15) is 5.82 Å². The Balaban J connectivity index is 1.74. The molecule has 1 saturated heterocycles. The molecule has 1 unspecified atom stereocenters. The van der Waals surface area contributed by atoms with Gasteiger partial charge in [-0.25, -0.2) is 12.8 Å². The lowest BCUT2D eigenvalue weighted by Crippen LogP contribution is -2.30. The summed E-state index contributed by atoms with van der Waals surface area (Å²) in [6.45, 7) is 2.86. The van der Waals surface area contributed by atoms with Crippen molar-refractivity contribution in [3.63, 3.8) is 0 Å². The zero-order chi connectivity index (χ0) is 25.8. The van der Waals surface area contributed by atoms with Crippen LogP contribution in [0.15, 0.2) is 42.6 Å². The van der Waals surface area contributed by atoms with Crippen LogP contribution in [0, 0.1) is 5.82 Å². The number of nitrogens with one attached hydrogen (secondary N) is 2. The van der Waals surface area contributed by atoms with Crippen molar-refractivity contribution >= 4 is 33.4 Å². The number of halogens is 4. The molecule has 2 N–H and O–H groups in total. The highest BCUT2D eigenvalue weighted by Gasteiger charge is 2.31. The molecule has 1 aliphatic rings. The Hall–Kier alpha value is -3.08. The van der Waals surface area contributed by atoms with Gasteiger partial charge in [-0.15, -0.1) is 0 Å². The third kappa shape index (κ3) is 7.20. The van der Waals surface area contributed by atoms with Gasteiger partial charge in [-0.3, -0.25) is 9.52 Å². The highest BCUT2D eigenvalue weighted by molar-refractivity contribution is 7.92. The van der Waals surface area contributed by atoms with Gasteiger partial charge < -0.3 is 10.2 Å². The third-order valence-corrected chi connectivity index (χ3v) is 6.32. The van der Waals surface area contributed by atoms with E-state index >= 15 is 0 Å². The number of nitrogens with zero attached hydrogens (tertiary/aromatic N) is 1. The number of piperidine rings is 1. The van der Waals surface area contributed by atoms with Crippen molar-refractivity contribution in [2.75, 3.05) is 29.0 Å². The molecular weight excluding hydrogens is 486 g/mol. The molecule has 0 aliphatic carbocycles. The van der Waals surface area contributed by atoms with Crippen LogP contribution in [0.3, 0.4) is 0 Å². The lowest BCUT2D eigenvalue weighted by molar-refractivity contribution is -0.137. The molecule has 1 fully saturated rings. The Bertz CT molecular complexity index is 1210. The number of carbonyl (C=O) groups is 1. The maximum Gasteiger partial charge on any atom is 0.416 e. The van der Waals surface area contributed by atoms with Gasteiger partial charge in [0.2, 0.25) is 15.9 Å². The largest absolute Gasteiger partial charge is 0.416 e. The van der Waals surface area contributed by atoms with E-state index in [0.717, 1.165) is 43.7 Å². The number of rotatable bonds is 7. The van der Waals surface area contributed by atoms with Gasteiger partial charge in [0, 0.05) is 25.0 Å². The normalized spacial score (nSPS) is 15.8. The van der Waals surface area contributed by atoms with Crippen LogP contribution in [0.4, 0.5) is 28.9 Å². The Kier molecular flexibility index (Phi) is 8.09. The average Bonchev–Trinajstić information content (AvgIpc) is 2.79. The highest BCUT2D eigenvalue weighted by Crippen LogP contribution is 2.35. The first-order valence-electron chi connectivity index (χ1n) is 11.1. The van der Waals surface area contributed by atoms with E-state index in [0.29, 0.717) is 29.9 Å². The zero-order valence-corrected chi connectivity index (χ0v) is 20.1. The first-order valence-corrected chi connectivity index (χ1v) is 12.9. The van der Waals surface area contributed by atoms with Crippen molar-refractivity contribution in [2.24, 2.45) is 0 Å². The Morgan fingerprint density at radius 2 is 1.77 bits per heavy atom. The molecular formula is C24H27F4N3O3S.